The van der Waals surface area contributed by atoms with Gasteiger partial charge in [0.05, 0.1) is 0 Å². The Morgan fingerprint density at radius 3 is 2.45 bits per heavy atom. The van der Waals surface area contributed by atoms with Crippen LogP contribution in [0.2, 0.25) is 0 Å². The fraction of sp³-hybridized carbons (Fsp3) is 0.375. The molecule has 1 aromatic rings. The van der Waals surface area contributed by atoms with E-state index in [1.54, 1.807) is 12.1 Å². The van der Waals surface area contributed by atoms with E-state index in [2.05, 4.69) is 22.0 Å². The number of nitrogens with one attached hydrogen (secondary N) is 3. The molecule has 3 N–H and O–H groups in total. The maximum Gasteiger partial charge on any atom is 0.251 e. The van der Waals surface area contributed by atoms with Crippen LogP contribution in [0.3, 0.4) is 0 Å². The van der Waals surface area contributed by atoms with E-state index in [-0.39, 0.29) is 24.2 Å². The van der Waals surface area contributed by atoms with Crippen LogP contribution in [0.4, 0.5) is 0 Å². The molecule has 5 nitrogen and oxygen atoms in total. The fourth-order valence-corrected chi connectivity index (χ4v) is 2.13. The van der Waals surface area contributed by atoms with E-state index < -0.39 is 0 Å². The summed E-state index contributed by atoms with van der Waals surface area (Å²) in [6, 6.07) is 7.27. The first kappa shape index (κ1) is 18.2. The molecule has 0 radical (unpaired) electrons. The molecule has 1 aliphatic heterocycles. The van der Waals surface area contributed by atoms with E-state index >= 15 is 0 Å². The molecule has 1 heterocycles. The summed E-state index contributed by atoms with van der Waals surface area (Å²) in [5.74, 6) is -0.132. The monoisotopic (exact) mass is 323 g/mol. The number of halogens is 1. The van der Waals surface area contributed by atoms with E-state index in [4.69, 9.17) is 0 Å². The molecule has 0 saturated heterocycles. The maximum absolute atomic E-state index is 12.0. The van der Waals surface area contributed by atoms with E-state index in [0.717, 1.165) is 25.1 Å². The number of amides is 2. The number of benzene rings is 1. The molecular formula is C16H22ClN3O2. The average molecular weight is 324 g/mol. The Hall–Kier alpha value is -1.85. The normalized spacial score (nSPS) is 13.6. The zero-order valence-electron chi connectivity index (χ0n) is 12.6. The van der Waals surface area contributed by atoms with Gasteiger partial charge in [-0.25, -0.2) is 0 Å². The van der Waals surface area contributed by atoms with Gasteiger partial charge in [0.25, 0.3) is 5.91 Å². The number of rotatable bonds is 5. The summed E-state index contributed by atoms with van der Waals surface area (Å²) in [4.78, 5) is 22.9. The van der Waals surface area contributed by atoms with Gasteiger partial charge in [-0.1, -0.05) is 23.8 Å². The molecule has 0 atom stereocenters. The molecule has 2 amide bonds. The predicted octanol–water partition coefficient (Wildman–Crippen LogP) is 1.39. The van der Waals surface area contributed by atoms with Gasteiger partial charge in [0, 0.05) is 32.1 Å². The molecule has 0 aromatic heterocycles. The van der Waals surface area contributed by atoms with Crippen LogP contribution < -0.4 is 16.0 Å². The molecule has 1 aromatic carbocycles. The van der Waals surface area contributed by atoms with E-state index in [1.807, 2.05) is 12.1 Å². The van der Waals surface area contributed by atoms with E-state index in [9.17, 15) is 9.59 Å². The van der Waals surface area contributed by atoms with Crippen LogP contribution in [0.25, 0.3) is 0 Å². The van der Waals surface area contributed by atoms with Crippen molar-refractivity contribution in [2.75, 3.05) is 19.6 Å². The van der Waals surface area contributed by atoms with Crippen molar-refractivity contribution in [2.24, 2.45) is 0 Å². The second-order valence-corrected chi connectivity index (χ2v) is 5.11. The molecule has 0 aliphatic carbocycles. The Morgan fingerprint density at radius 1 is 1.14 bits per heavy atom. The highest BCUT2D eigenvalue weighted by molar-refractivity contribution is 5.94. The zero-order valence-corrected chi connectivity index (χ0v) is 13.5. The Bertz CT molecular complexity index is 541. The quantitative estimate of drug-likeness (QED) is 0.717. The van der Waals surface area contributed by atoms with Gasteiger partial charge in [0.2, 0.25) is 5.91 Å². The van der Waals surface area contributed by atoms with Crippen molar-refractivity contribution in [1.29, 1.82) is 0 Å². The molecule has 0 spiro atoms. The number of carbonyl (C=O) groups is 2. The fourth-order valence-electron chi connectivity index (χ4n) is 2.13. The van der Waals surface area contributed by atoms with Crippen LogP contribution in [0, 0.1) is 0 Å². The van der Waals surface area contributed by atoms with Crippen molar-refractivity contribution in [1.82, 2.24) is 16.0 Å². The molecule has 1 aliphatic rings. The SMILES string of the molecule is CC(=O)NCc1ccc(C(=O)NCC2=CCNCC2)cc1.Cl. The summed E-state index contributed by atoms with van der Waals surface area (Å²) in [7, 11) is 0. The topological polar surface area (TPSA) is 70.2 Å². The second kappa shape index (κ2) is 9.23. The molecule has 22 heavy (non-hydrogen) atoms. The highest BCUT2D eigenvalue weighted by atomic mass is 35.5. The second-order valence-electron chi connectivity index (χ2n) is 5.11. The molecule has 6 heteroatoms. The van der Waals surface area contributed by atoms with Crippen molar-refractivity contribution in [3.63, 3.8) is 0 Å². The highest BCUT2D eigenvalue weighted by Gasteiger charge is 2.08. The smallest absolute Gasteiger partial charge is 0.251 e. The third kappa shape index (κ3) is 5.87. The van der Waals surface area contributed by atoms with Crippen LogP contribution in [-0.4, -0.2) is 31.4 Å². The van der Waals surface area contributed by atoms with Crippen molar-refractivity contribution in [3.8, 4) is 0 Å². The number of carbonyl (C=O) groups excluding carboxylic acids is 2. The molecule has 0 saturated carbocycles. The van der Waals surface area contributed by atoms with Gasteiger partial charge in [-0.05, 0) is 30.7 Å². The molecule has 120 valence electrons. The van der Waals surface area contributed by atoms with Crippen LogP contribution >= 0.6 is 12.4 Å². The van der Waals surface area contributed by atoms with Gasteiger partial charge in [0.1, 0.15) is 0 Å². The third-order valence-corrected chi connectivity index (χ3v) is 3.39. The van der Waals surface area contributed by atoms with Gasteiger partial charge < -0.3 is 16.0 Å². The average Bonchev–Trinajstić information content (AvgIpc) is 2.52. The van der Waals surface area contributed by atoms with Gasteiger partial charge in [-0.3, -0.25) is 9.59 Å². The highest BCUT2D eigenvalue weighted by Crippen LogP contribution is 2.06. The summed E-state index contributed by atoms with van der Waals surface area (Å²) in [6.45, 7) is 4.42. The Labute approximate surface area is 137 Å². The Morgan fingerprint density at radius 2 is 1.86 bits per heavy atom. The summed E-state index contributed by atoms with van der Waals surface area (Å²) < 4.78 is 0. The van der Waals surface area contributed by atoms with Crippen molar-refractivity contribution in [2.45, 2.75) is 19.9 Å². The minimum absolute atomic E-state index is 0. The molecule has 0 fully saturated rings. The summed E-state index contributed by atoms with van der Waals surface area (Å²) >= 11 is 0. The third-order valence-electron chi connectivity index (χ3n) is 3.39. The lowest BCUT2D eigenvalue weighted by molar-refractivity contribution is -0.119. The lowest BCUT2D eigenvalue weighted by atomic mass is 10.1. The first-order chi connectivity index (χ1) is 10.1. The standard InChI is InChI=1S/C16H21N3O2.ClH/c1-12(20)18-10-13-2-4-15(5-3-13)16(21)19-11-14-6-8-17-9-7-14;/h2-6,17H,7-11H2,1H3,(H,18,20)(H,19,21);1H. The summed E-state index contributed by atoms with van der Waals surface area (Å²) in [6.07, 6.45) is 3.11. The van der Waals surface area contributed by atoms with Gasteiger partial charge in [0.15, 0.2) is 0 Å². The van der Waals surface area contributed by atoms with Gasteiger partial charge >= 0.3 is 0 Å². The number of hydrogen-bond acceptors (Lipinski definition) is 3. The largest absolute Gasteiger partial charge is 0.352 e. The van der Waals surface area contributed by atoms with Crippen LogP contribution in [0.1, 0.15) is 29.3 Å². The van der Waals surface area contributed by atoms with E-state index in [1.165, 1.54) is 12.5 Å². The summed E-state index contributed by atoms with van der Waals surface area (Å²) in [5, 5.41) is 8.90. The summed E-state index contributed by atoms with van der Waals surface area (Å²) in [5.41, 5.74) is 2.88. The van der Waals surface area contributed by atoms with Crippen LogP contribution in [0.5, 0.6) is 0 Å². The lowest BCUT2D eigenvalue weighted by Gasteiger charge is -2.14. The Kier molecular flexibility index (Phi) is 7.63. The van der Waals surface area contributed by atoms with Crippen molar-refractivity contribution in [3.05, 3.63) is 47.0 Å². The first-order valence-electron chi connectivity index (χ1n) is 7.15. The zero-order chi connectivity index (χ0) is 15.1. The number of hydrogen-bond donors (Lipinski definition) is 3. The molecule has 2 rings (SSSR count). The van der Waals surface area contributed by atoms with Crippen LogP contribution in [0.15, 0.2) is 35.9 Å². The maximum atomic E-state index is 12.0. The minimum atomic E-state index is -0.0690. The van der Waals surface area contributed by atoms with Crippen molar-refractivity contribution < 1.29 is 9.59 Å². The predicted molar refractivity (Wildman–Crippen MR) is 89.1 cm³/mol. The van der Waals surface area contributed by atoms with E-state index in [0.29, 0.717) is 18.7 Å². The van der Waals surface area contributed by atoms with Gasteiger partial charge in [-0.2, -0.15) is 0 Å². The minimum Gasteiger partial charge on any atom is -0.352 e. The van der Waals surface area contributed by atoms with Gasteiger partial charge in [-0.15, -0.1) is 12.4 Å². The van der Waals surface area contributed by atoms with Crippen molar-refractivity contribution >= 4 is 24.2 Å². The van der Waals surface area contributed by atoms with Crippen LogP contribution in [-0.2, 0) is 11.3 Å². The lowest BCUT2D eigenvalue weighted by Crippen LogP contribution is -2.29. The molecule has 0 unspecified atom stereocenters. The first-order valence-corrected chi connectivity index (χ1v) is 7.15. The Balaban J connectivity index is 0.00000242. The molecule has 0 bridgehead atoms. The molecular weight excluding hydrogens is 302 g/mol.